The molecule has 0 amide bonds. The second kappa shape index (κ2) is 5.50. The van der Waals surface area contributed by atoms with Crippen molar-refractivity contribution in [2.24, 2.45) is 11.8 Å². The van der Waals surface area contributed by atoms with Gasteiger partial charge in [0.15, 0.2) is 0 Å². The molecule has 94 valence electrons. The zero-order chi connectivity index (χ0) is 11.5. The Morgan fingerprint density at radius 2 is 1.81 bits per heavy atom. The van der Waals surface area contributed by atoms with Crippen molar-refractivity contribution in [3.63, 3.8) is 0 Å². The molecular weight excluding hydrogens is 196 g/mol. The third-order valence-electron chi connectivity index (χ3n) is 4.09. The first kappa shape index (κ1) is 12.4. The van der Waals surface area contributed by atoms with E-state index in [1.165, 1.54) is 45.3 Å². The summed E-state index contributed by atoms with van der Waals surface area (Å²) in [4.78, 5) is 2.70. The third kappa shape index (κ3) is 3.74. The van der Waals surface area contributed by atoms with Gasteiger partial charge < -0.3 is 10.2 Å². The van der Waals surface area contributed by atoms with E-state index >= 15 is 0 Å². The van der Waals surface area contributed by atoms with Crippen LogP contribution >= 0.6 is 0 Å². The number of piperidine rings is 1. The highest BCUT2D eigenvalue weighted by molar-refractivity contribution is 4.83. The topological polar surface area (TPSA) is 15.3 Å². The van der Waals surface area contributed by atoms with Crippen LogP contribution in [0.2, 0.25) is 0 Å². The maximum atomic E-state index is 3.62. The molecule has 0 bridgehead atoms. The van der Waals surface area contributed by atoms with E-state index in [0.29, 0.717) is 0 Å². The van der Waals surface area contributed by atoms with Crippen LogP contribution in [0.15, 0.2) is 0 Å². The van der Waals surface area contributed by atoms with Gasteiger partial charge in [-0.3, -0.25) is 0 Å². The summed E-state index contributed by atoms with van der Waals surface area (Å²) in [5, 5.41) is 3.62. The Balaban J connectivity index is 1.67. The molecule has 2 heteroatoms. The average molecular weight is 224 g/mol. The van der Waals surface area contributed by atoms with Crippen LogP contribution in [0.25, 0.3) is 0 Å². The van der Waals surface area contributed by atoms with Gasteiger partial charge in [-0.1, -0.05) is 13.8 Å². The molecule has 1 aliphatic heterocycles. The Morgan fingerprint density at radius 1 is 1.19 bits per heavy atom. The predicted octanol–water partition coefficient (Wildman–Crippen LogP) is 2.49. The van der Waals surface area contributed by atoms with Crippen LogP contribution in [-0.4, -0.2) is 36.6 Å². The fourth-order valence-electron chi connectivity index (χ4n) is 3.04. The summed E-state index contributed by atoms with van der Waals surface area (Å²) in [6.07, 6.45) is 5.55. The maximum absolute atomic E-state index is 3.62. The van der Waals surface area contributed by atoms with Crippen LogP contribution in [0.1, 0.15) is 46.5 Å². The van der Waals surface area contributed by atoms with Gasteiger partial charge >= 0.3 is 0 Å². The van der Waals surface area contributed by atoms with Gasteiger partial charge in [0.05, 0.1) is 0 Å². The monoisotopic (exact) mass is 224 g/mol. The molecule has 3 unspecified atom stereocenters. The normalized spacial score (nSPS) is 33.9. The zero-order valence-electron chi connectivity index (χ0n) is 11.2. The van der Waals surface area contributed by atoms with Crippen LogP contribution in [0.4, 0.5) is 0 Å². The first-order chi connectivity index (χ1) is 7.65. The van der Waals surface area contributed by atoms with Gasteiger partial charge in [-0.25, -0.2) is 0 Å². The summed E-state index contributed by atoms with van der Waals surface area (Å²) in [5.41, 5.74) is 0. The highest BCUT2D eigenvalue weighted by Gasteiger charge is 2.25. The molecule has 0 radical (unpaired) electrons. The first-order valence-corrected chi connectivity index (χ1v) is 7.12. The molecular formula is C14H28N2. The van der Waals surface area contributed by atoms with Crippen molar-refractivity contribution < 1.29 is 0 Å². The largest absolute Gasteiger partial charge is 0.314 e. The minimum Gasteiger partial charge on any atom is -0.314 e. The van der Waals surface area contributed by atoms with Gasteiger partial charge in [-0.05, 0) is 51.0 Å². The lowest BCUT2D eigenvalue weighted by molar-refractivity contribution is 0.0987. The summed E-state index contributed by atoms with van der Waals surface area (Å²) in [5.74, 6) is 1.78. The number of nitrogens with zero attached hydrogens (tertiary/aromatic N) is 1. The molecule has 1 N–H and O–H groups in total. The standard InChI is InChI=1S/C14H28N2/c1-11-8-12(2)10-16(9-11)13(3)6-7-15-14-4-5-14/h11-15H,4-10H2,1-3H3. The van der Waals surface area contributed by atoms with E-state index < -0.39 is 0 Å². The van der Waals surface area contributed by atoms with Crippen molar-refractivity contribution in [2.45, 2.75) is 58.5 Å². The molecule has 0 aromatic heterocycles. The smallest absolute Gasteiger partial charge is 0.00792 e. The van der Waals surface area contributed by atoms with Crippen LogP contribution in [0, 0.1) is 11.8 Å². The van der Waals surface area contributed by atoms with Crippen molar-refractivity contribution in [2.75, 3.05) is 19.6 Å². The second-order valence-electron chi connectivity index (χ2n) is 6.27. The number of hydrogen-bond acceptors (Lipinski definition) is 2. The van der Waals surface area contributed by atoms with Gasteiger partial charge in [0, 0.05) is 25.2 Å². The maximum Gasteiger partial charge on any atom is 0.00792 e. The molecule has 2 rings (SSSR count). The Kier molecular flexibility index (Phi) is 4.26. The van der Waals surface area contributed by atoms with Crippen molar-refractivity contribution in [3.05, 3.63) is 0 Å². The summed E-state index contributed by atoms with van der Waals surface area (Å²) in [7, 11) is 0. The van der Waals surface area contributed by atoms with Crippen LogP contribution < -0.4 is 5.32 Å². The number of hydrogen-bond donors (Lipinski definition) is 1. The predicted molar refractivity (Wildman–Crippen MR) is 69.6 cm³/mol. The SMILES string of the molecule is CC1CC(C)CN(C(C)CCNC2CC2)C1. The molecule has 0 spiro atoms. The Labute approximate surface area is 101 Å². The Bertz CT molecular complexity index is 203. The molecule has 2 fully saturated rings. The summed E-state index contributed by atoms with van der Waals surface area (Å²) < 4.78 is 0. The lowest BCUT2D eigenvalue weighted by Gasteiger charge is -2.39. The lowest BCUT2D eigenvalue weighted by atomic mass is 9.90. The minimum absolute atomic E-state index is 0.761. The summed E-state index contributed by atoms with van der Waals surface area (Å²) >= 11 is 0. The van der Waals surface area contributed by atoms with Crippen LogP contribution in [-0.2, 0) is 0 Å². The molecule has 0 aromatic rings. The van der Waals surface area contributed by atoms with Gasteiger partial charge in [0.25, 0.3) is 0 Å². The van der Waals surface area contributed by atoms with Gasteiger partial charge in [0.2, 0.25) is 0 Å². The molecule has 1 saturated heterocycles. The molecule has 16 heavy (non-hydrogen) atoms. The second-order valence-corrected chi connectivity index (χ2v) is 6.27. The van der Waals surface area contributed by atoms with Crippen molar-refractivity contribution in [1.82, 2.24) is 10.2 Å². The fourth-order valence-corrected chi connectivity index (χ4v) is 3.04. The van der Waals surface area contributed by atoms with E-state index in [9.17, 15) is 0 Å². The van der Waals surface area contributed by atoms with E-state index in [4.69, 9.17) is 0 Å². The van der Waals surface area contributed by atoms with Gasteiger partial charge in [-0.2, -0.15) is 0 Å². The molecule has 1 heterocycles. The average Bonchev–Trinajstić information content (AvgIpc) is 3.00. The third-order valence-corrected chi connectivity index (χ3v) is 4.09. The highest BCUT2D eigenvalue weighted by Crippen LogP contribution is 2.23. The lowest BCUT2D eigenvalue weighted by Crippen LogP contribution is -2.44. The van der Waals surface area contributed by atoms with Gasteiger partial charge in [0.1, 0.15) is 0 Å². The van der Waals surface area contributed by atoms with E-state index in [0.717, 1.165) is 23.9 Å². The van der Waals surface area contributed by atoms with Crippen molar-refractivity contribution in [1.29, 1.82) is 0 Å². The molecule has 2 aliphatic rings. The van der Waals surface area contributed by atoms with Crippen molar-refractivity contribution in [3.8, 4) is 0 Å². The van der Waals surface area contributed by atoms with E-state index in [2.05, 4.69) is 31.0 Å². The summed E-state index contributed by atoms with van der Waals surface area (Å²) in [6.45, 7) is 11.0. The molecule has 0 aromatic carbocycles. The van der Waals surface area contributed by atoms with E-state index in [-0.39, 0.29) is 0 Å². The van der Waals surface area contributed by atoms with E-state index in [1.807, 2.05) is 0 Å². The highest BCUT2D eigenvalue weighted by atomic mass is 15.2. The minimum atomic E-state index is 0.761. The number of nitrogens with one attached hydrogen (secondary N) is 1. The Hall–Kier alpha value is -0.0800. The molecule has 1 saturated carbocycles. The molecule has 1 aliphatic carbocycles. The number of likely N-dealkylation sites (tertiary alicyclic amines) is 1. The van der Waals surface area contributed by atoms with E-state index in [1.54, 1.807) is 0 Å². The Morgan fingerprint density at radius 3 is 2.38 bits per heavy atom. The van der Waals surface area contributed by atoms with Gasteiger partial charge in [-0.15, -0.1) is 0 Å². The molecule has 2 nitrogen and oxygen atoms in total. The first-order valence-electron chi connectivity index (χ1n) is 7.12. The quantitative estimate of drug-likeness (QED) is 0.772. The summed E-state index contributed by atoms with van der Waals surface area (Å²) in [6, 6.07) is 1.63. The van der Waals surface area contributed by atoms with Crippen molar-refractivity contribution >= 4 is 0 Å². The number of rotatable bonds is 5. The van der Waals surface area contributed by atoms with Crippen LogP contribution in [0.5, 0.6) is 0 Å². The molecule has 3 atom stereocenters. The zero-order valence-corrected chi connectivity index (χ0v) is 11.2. The van der Waals surface area contributed by atoms with Crippen LogP contribution in [0.3, 0.4) is 0 Å². The fraction of sp³-hybridized carbons (Fsp3) is 1.00.